The predicted molar refractivity (Wildman–Crippen MR) is 53.1 cm³/mol. The molecule has 15 heavy (non-hydrogen) atoms. The topological polar surface area (TPSA) is 55.8 Å². The van der Waals surface area contributed by atoms with Crippen molar-refractivity contribution < 1.29 is 19.4 Å². The second-order valence-corrected chi connectivity index (χ2v) is 4.55. The van der Waals surface area contributed by atoms with Gasteiger partial charge in [0, 0.05) is 5.92 Å². The van der Waals surface area contributed by atoms with E-state index in [4.69, 9.17) is 9.47 Å². The number of rotatable bonds is 1. The molecule has 1 saturated heterocycles. The summed E-state index contributed by atoms with van der Waals surface area (Å²) in [7, 11) is 0. The molecule has 4 atom stereocenters. The summed E-state index contributed by atoms with van der Waals surface area (Å²) < 4.78 is 11.2. The van der Waals surface area contributed by atoms with Crippen molar-refractivity contribution in [3.8, 4) is 0 Å². The predicted octanol–water partition coefficient (Wildman–Crippen LogP) is 0.500. The Morgan fingerprint density at radius 3 is 2.87 bits per heavy atom. The van der Waals surface area contributed by atoms with Crippen molar-refractivity contribution in [1.29, 1.82) is 0 Å². The number of carbonyl (C=O) groups excluding carboxylic acids is 1. The van der Waals surface area contributed by atoms with Crippen LogP contribution >= 0.6 is 0 Å². The summed E-state index contributed by atoms with van der Waals surface area (Å²) in [5.74, 6) is -1.10. The third kappa shape index (κ3) is 1.97. The normalized spacial score (nSPS) is 43.4. The molecule has 1 aliphatic heterocycles. The van der Waals surface area contributed by atoms with E-state index in [9.17, 15) is 9.90 Å². The molecule has 4 nitrogen and oxygen atoms in total. The number of carbonyl (C=O) groups is 1. The third-order valence-corrected chi connectivity index (χ3v) is 3.01. The standard InChI is InChI=1S/C11H16O4/c1-11(2)14-6-8-7(5-12)9(13)3-4-10(8)15-11/h3-5,7-10,13H,6H2,1-2H3/t7-,8-,9-,10+/m1/s1. The van der Waals surface area contributed by atoms with Crippen molar-refractivity contribution in [3.05, 3.63) is 12.2 Å². The van der Waals surface area contributed by atoms with Gasteiger partial charge in [0.25, 0.3) is 0 Å². The molecule has 0 aromatic heterocycles. The fourth-order valence-electron chi connectivity index (χ4n) is 2.14. The van der Waals surface area contributed by atoms with Gasteiger partial charge in [-0.25, -0.2) is 0 Å². The van der Waals surface area contributed by atoms with Gasteiger partial charge in [-0.1, -0.05) is 12.2 Å². The molecule has 1 heterocycles. The lowest BCUT2D eigenvalue weighted by molar-refractivity contribution is -0.290. The van der Waals surface area contributed by atoms with Crippen LogP contribution in [0, 0.1) is 11.8 Å². The Balaban J connectivity index is 2.19. The molecule has 0 aromatic carbocycles. The highest BCUT2D eigenvalue weighted by atomic mass is 16.7. The van der Waals surface area contributed by atoms with Crippen molar-refractivity contribution in [2.45, 2.75) is 31.8 Å². The molecule has 0 saturated carbocycles. The number of fused-ring (bicyclic) bond motifs is 1. The summed E-state index contributed by atoms with van der Waals surface area (Å²) in [5, 5.41) is 9.61. The molecule has 1 fully saturated rings. The molecule has 4 heteroatoms. The van der Waals surface area contributed by atoms with Crippen LogP contribution in [0.25, 0.3) is 0 Å². The average molecular weight is 212 g/mol. The molecule has 84 valence electrons. The van der Waals surface area contributed by atoms with E-state index in [1.807, 2.05) is 19.9 Å². The highest BCUT2D eigenvalue weighted by Gasteiger charge is 2.43. The average Bonchev–Trinajstić information content (AvgIpc) is 2.17. The SMILES string of the molecule is CC1(C)OC[C@@H]2[C@@H](C=O)[C@H](O)C=C[C@@H]2O1. The minimum atomic E-state index is -0.711. The molecular formula is C11H16O4. The Kier molecular flexibility index (Phi) is 2.66. The van der Waals surface area contributed by atoms with Gasteiger partial charge in [0.05, 0.1) is 24.7 Å². The first-order valence-corrected chi connectivity index (χ1v) is 5.17. The summed E-state index contributed by atoms with van der Waals surface area (Å²) in [5.41, 5.74) is 0. The van der Waals surface area contributed by atoms with Crippen LogP contribution in [-0.4, -0.2) is 36.0 Å². The van der Waals surface area contributed by atoms with Gasteiger partial charge in [0.15, 0.2) is 5.79 Å². The zero-order valence-corrected chi connectivity index (χ0v) is 8.92. The number of aliphatic hydroxyl groups excluding tert-OH is 1. The Morgan fingerprint density at radius 1 is 1.47 bits per heavy atom. The molecule has 1 N–H and O–H groups in total. The largest absolute Gasteiger partial charge is 0.388 e. The van der Waals surface area contributed by atoms with Gasteiger partial charge in [0.2, 0.25) is 0 Å². The first kappa shape index (κ1) is 10.8. The maximum atomic E-state index is 10.9. The van der Waals surface area contributed by atoms with Crippen molar-refractivity contribution in [1.82, 2.24) is 0 Å². The molecule has 2 aliphatic rings. The van der Waals surface area contributed by atoms with Crippen LogP contribution < -0.4 is 0 Å². The summed E-state index contributed by atoms with van der Waals surface area (Å²) in [6, 6.07) is 0. The number of aldehydes is 1. The molecule has 0 spiro atoms. The lowest BCUT2D eigenvalue weighted by Crippen LogP contribution is -2.51. The van der Waals surface area contributed by atoms with E-state index in [0.29, 0.717) is 6.61 Å². The van der Waals surface area contributed by atoms with Crippen LogP contribution in [0.3, 0.4) is 0 Å². The van der Waals surface area contributed by atoms with Crippen molar-refractivity contribution >= 4 is 6.29 Å². The Bertz CT molecular complexity index is 284. The van der Waals surface area contributed by atoms with Gasteiger partial charge in [-0.3, -0.25) is 0 Å². The molecule has 0 unspecified atom stereocenters. The minimum Gasteiger partial charge on any atom is -0.388 e. The smallest absolute Gasteiger partial charge is 0.163 e. The van der Waals surface area contributed by atoms with E-state index in [2.05, 4.69) is 0 Å². The van der Waals surface area contributed by atoms with Gasteiger partial charge < -0.3 is 19.4 Å². The zero-order chi connectivity index (χ0) is 11.1. The van der Waals surface area contributed by atoms with Crippen molar-refractivity contribution in [2.24, 2.45) is 11.8 Å². The summed E-state index contributed by atoms with van der Waals surface area (Å²) >= 11 is 0. The minimum absolute atomic E-state index is 0.0736. The number of ether oxygens (including phenoxy) is 2. The first-order chi connectivity index (χ1) is 7.03. The third-order valence-electron chi connectivity index (χ3n) is 3.01. The van der Waals surface area contributed by atoms with E-state index in [-0.39, 0.29) is 12.0 Å². The van der Waals surface area contributed by atoms with Gasteiger partial charge in [0.1, 0.15) is 6.29 Å². The van der Waals surface area contributed by atoms with Gasteiger partial charge >= 0.3 is 0 Å². The van der Waals surface area contributed by atoms with Crippen molar-refractivity contribution in [3.63, 3.8) is 0 Å². The molecular weight excluding hydrogens is 196 g/mol. The second kappa shape index (κ2) is 3.70. The van der Waals surface area contributed by atoms with Crippen LogP contribution in [-0.2, 0) is 14.3 Å². The highest BCUT2D eigenvalue weighted by molar-refractivity contribution is 5.57. The Hall–Kier alpha value is -0.710. The Labute approximate surface area is 88.9 Å². The highest BCUT2D eigenvalue weighted by Crippen LogP contribution is 2.35. The summed E-state index contributed by atoms with van der Waals surface area (Å²) in [6.07, 6.45) is 3.39. The monoisotopic (exact) mass is 212 g/mol. The molecule has 0 amide bonds. The quantitative estimate of drug-likeness (QED) is 0.508. The maximum Gasteiger partial charge on any atom is 0.163 e. The number of hydrogen-bond acceptors (Lipinski definition) is 4. The van der Waals surface area contributed by atoms with Gasteiger partial charge in [-0.2, -0.15) is 0 Å². The maximum absolute atomic E-state index is 10.9. The van der Waals surface area contributed by atoms with E-state index in [1.165, 1.54) is 0 Å². The fourth-order valence-corrected chi connectivity index (χ4v) is 2.14. The van der Waals surface area contributed by atoms with Crippen molar-refractivity contribution in [2.75, 3.05) is 6.61 Å². The lowest BCUT2D eigenvalue weighted by atomic mass is 9.80. The van der Waals surface area contributed by atoms with Crippen LogP contribution in [0.15, 0.2) is 12.2 Å². The van der Waals surface area contributed by atoms with Crippen LogP contribution in [0.5, 0.6) is 0 Å². The summed E-state index contributed by atoms with van der Waals surface area (Å²) in [4.78, 5) is 10.9. The molecule has 0 radical (unpaired) electrons. The number of aliphatic hydroxyl groups is 1. The summed E-state index contributed by atoms with van der Waals surface area (Å²) in [6.45, 7) is 4.14. The van der Waals surface area contributed by atoms with E-state index in [1.54, 1.807) is 6.08 Å². The molecule has 0 aromatic rings. The van der Waals surface area contributed by atoms with Crippen LogP contribution in [0.4, 0.5) is 0 Å². The lowest BCUT2D eigenvalue weighted by Gasteiger charge is -2.44. The first-order valence-electron chi connectivity index (χ1n) is 5.17. The van der Waals surface area contributed by atoms with E-state index < -0.39 is 17.8 Å². The van der Waals surface area contributed by atoms with Crippen LogP contribution in [0.2, 0.25) is 0 Å². The van der Waals surface area contributed by atoms with E-state index >= 15 is 0 Å². The molecule has 0 bridgehead atoms. The number of hydrogen-bond donors (Lipinski definition) is 1. The van der Waals surface area contributed by atoms with E-state index in [0.717, 1.165) is 6.29 Å². The zero-order valence-electron chi connectivity index (χ0n) is 8.92. The second-order valence-electron chi connectivity index (χ2n) is 4.55. The Morgan fingerprint density at radius 2 is 2.20 bits per heavy atom. The van der Waals surface area contributed by atoms with Gasteiger partial charge in [-0.05, 0) is 13.8 Å². The van der Waals surface area contributed by atoms with Gasteiger partial charge in [-0.15, -0.1) is 0 Å². The fraction of sp³-hybridized carbons (Fsp3) is 0.727. The molecule has 2 rings (SSSR count). The van der Waals surface area contributed by atoms with Crippen LogP contribution in [0.1, 0.15) is 13.8 Å². The molecule has 1 aliphatic carbocycles.